The minimum atomic E-state index is -4.71. The molecule has 0 aliphatic heterocycles. The van der Waals surface area contributed by atoms with Crippen molar-refractivity contribution in [3.05, 3.63) is 34.9 Å². The fraction of sp³-hybridized carbons (Fsp3) is 0.333. The molecule has 0 radical (unpaired) electrons. The number of hydrogen-bond acceptors (Lipinski definition) is 4. The van der Waals surface area contributed by atoms with Crippen LogP contribution in [0, 0.1) is 0 Å². The van der Waals surface area contributed by atoms with Gasteiger partial charge in [-0.05, 0) is 25.1 Å². The lowest BCUT2D eigenvalue weighted by atomic mass is 10.0. The van der Waals surface area contributed by atoms with Crippen LogP contribution in [0.3, 0.4) is 0 Å². The Labute approximate surface area is 107 Å². The molecule has 0 aliphatic carbocycles. The summed E-state index contributed by atoms with van der Waals surface area (Å²) in [5, 5.41) is 0. The van der Waals surface area contributed by atoms with Gasteiger partial charge in [0.15, 0.2) is 0 Å². The zero-order valence-electron chi connectivity index (χ0n) is 10.2. The van der Waals surface area contributed by atoms with Crippen molar-refractivity contribution in [2.75, 3.05) is 13.7 Å². The van der Waals surface area contributed by atoms with E-state index in [1.807, 2.05) is 0 Å². The highest BCUT2D eigenvalue weighted by Crippen LogP contribution is 2.32. The van der Waals surface area contributed by atoms with E-state index >= 15 is 0 Å². The molecular formula is C12H11F3O4. The van der Waals surface area contributed by atoms with Gasteiger partial charge >= 0.3 is 18.1 Å². The number of ether oxygens (including phenoxy) is 2. The average Bonchev–Trinajstić information content (AvgIpc) is 2.36. The van der Waals surface area contributed by atoms with Gasteiger partial charge in [-0.2, -0.15) is 13.2 Å². The van der Waals surface area contributed by atoms with Gasteiger partial charge in [-0.3, -0.25) is 0 Å². The molecule has 7 heteroatoms. The van der Waals surface area contributed by atoms with E-state index in [1.54, 1.807) is 6.92 Å². The van der Waals surface area contributed by atoms with E-state index in [9.17, 15) is 22.8 Å². The lowest BCUT2D eigenvalue weighted by Crippen LogP contribution is -2.16. The van der Waals surface area contributed by atoms with Gasteiger partial charge in [-0.15, -0.1) is 0 Å². The number of alkyl halides is 3. The van der Waals surface area contributed by atoms with E-state index in [0.29, 0.717) is 6.07 Å². The smallest absolute Gasteiger partial charge is 0.417 e. The van der Waals surface area contributed by atoms with Crippen LogP contribution < -0.4 is 0 Å². The fourth-order valence-corrected chi connectivity index (χ4v) is 1.41. The third-order valence-electron chi connectivity index (χ3n) is 2.24. The van der Waals surface area contributed by atoms with Gasteiger partial charge in [0.1, 0.15) is 0 Å². The summed E-state index contributed by atoms with van der Waals surface area (Å²) >= 11 is 0. The normalized spacial score (nSPS) is 11.0. The van der Waals surface area contributed by atoms with Gasteiger partial charge in [0.05, 0.1) is 30.4 Å². The third kappa shape index (κ3) is 3.46. The van der Waals surface area contributed by atoms with Crippen LogP contribution in [-0.4, -0.2) is 25.7 Å². The second-order valence-corrected chi connectivity index (χ2v) is 3.47. The lowest BCUT2D eigenvalue weighted by Gasteiger charge is -2.12. The van der Waals surface area contributed by atoms with Crippen LogP contribution in [0.4, 0.5) is 13.2 Å². The number of benzene rings is 1. The second-order valence-electron chi connectivity index (χ2n) is 3.47. The van der Waals surface area contributed by atoms with Crippen LogP contribution >= 0.6 is 0 Å². The molecule has 0 amide bonds. The maximum Gasteiger partial charge on any atom is 0.417 e. The summed E-state index contributed by atoms with van der Waals surface area (Å²) in [6.45, 7) is 1.64. The first-order chi connectivity index (χ1) is 8.81. The Morgan fingerprint density at radius 2 is 1.84 bits per heavy atom. The molecule has 0 aliphatic rings. The first-order valence-corrected chi connectivity index (χ1v) is 5.28. The zero-order valence-corrected chi connectivity index (χ0v) is 10.2. The Morgan fingerprint density at radius 1 is 1.21 bits per heavy atom. The van der Waals surface area contributed by atoms with E-state index in [0.717, 1.165) is 19.2 Å². The number of halogens is 3. The Bertz CT molecular complexity index is 494. The summed E-state index contributed by atoms with van der Waals surface area (Å²) in [5.41, 5.74) is -2.02. The molecule has 0 atom stereocenters. The summed E-state index contributed by atoms with van der Waals surface area (Å²) in [6.07, 6.45) is -4.71. The first-order valence-electron chi connectivity index (χ1n) is 5.28. The lowest BCUT2D eigenvalue weighted by molar-refractivity contribution is -0.138. The number of esters is 2. The summed E-state index contributed by atoms with van der Waals surface area (Å²) in [4.78, 5) is 22.8. The monoisotopic (exact) mass is 276 g/mol. The van der Waals surface area contributed by atoms with Crippen LogP contribution in [0.1, 0.15) is 33.2 Å². The van der Waals surface area contributed by atoms with Crippen molar-refractivity contribution in [2.45, 2.75) is 13.1 Å². The molecule has 0 saturated heterocycles. The zero-order chi connectivity index (χ0) is 14.6. The van der Waals surface area contributed by atoms with Crippen molar-refractivity contribution in [1.82, 2.24) is 0 Å². The number of hydrogen-bond donors (Lipinski definition) is 0. The molecule has 0 saturated carbocycles. The van der Waals surface area contributed by atoms with Gasteiger partial charge in [0, 0.05) is 0 Å². The van der Waals surface area contributed by atoms with Gasteiger partial charge < -0.3 is 9.47 Å². The number of carbonyl (C=O) groups is 2. The molecule has 1 aromatic carbocycles. The van der Waals surface area contributed by atoms with Crippen molar-refractivity contribution in [3.63, 3.8) is 0 Å². The minimum Gasteiger partial charge on any atom is -0.465 e. The van der Waals surface area contributed by atoms with Gasteiger partial charge in [-0.1, -0.05) is 0 Å². The molecule has 4 nitrogen and oxygen atoms in total. The molecule has 0 heterocycles. The first kappa shape index (κ1) is 15.0. The van der Waals surface area contributed by atoms with E-state index in [4.69, 9.17) is 0 Å². The van der Waals surface area contributed by atoms with Crippen LogP contribution in [0.5, 0.6) is 0 Å². The molecule has 0 spiro atoms. The molecule has 0 N–H and O–H groups in total. The Morgan fingerprint density at radius 3 is 2.32 bits per heavy atom. The maximum atomic E-state index is 12.7. The molecular weight excluding hydrogens is 265 g/mol. The van der Waals surface area contributed by atoms with Crippen LogP contribution in [-0.2, 0) is 15.7 Å². The summed E-state index contributed by atoms with van der Waals surface area (Å²) < 4.78 is 47.0. The molecule has 104 valence electrons. The Balaban J connectivity index is 3.31. The largest absolute Gasteiger partial charge is 0.465 e. The SMILES string of the molecule is CCOC(=O)c1ccc(C(F)(F)F)c(C(=O)OC)c1. The second kappa shape index (κ2) is 5.73. The van der Waals surface area contributed by atoms with E-state index in [-0.39, 0.29) is 12.2 Å². The summed E-state index contributed by atoms with van der Waals surface area (Å²) in [7, 11) is 0.958. The van der Waals surface area contributed by atoms with Gasteiger partial charge in [-0.25, -0.2) is 9.59 Å². The van der Waals surface area contributed by atoms with E-state index in [1.165, 1.54) is 0 Å². The molecule has 0 aromatic heterocycles. The van der Waals surface area contributed by atoms with Crippen molar-refractivity contribution in [1.29, 1.82) is 0 Å². The molecule has 1 aromatic rings. The predicted molar refractivity (Wildman–Crippen MR) is 58.7 cm³/mol. The standard InChI is InChI=1S/C12H11F3O4/c1-3-19-10(16)7-4-5-9(12(13,14)15)8(6-7)11(17)18-2/h4-6H,3H2,1-2H3. The quantitative estimate of drug-likeness (QED) is 0.796. The van der Waals surface area contributed by atoms with Gasteiger partial charge in [0.2, 0.25) is 0 Å². The highest BCUT2D eigenvalue weighted by atomic mass is 19.4. The van der Waals surface area contributed by atoms with Crippen LogP contribution in [0.25, 0.3) is 0 Å². The number of methoxy groups -OCH3 is 1. The van der Waals surface area contributed by atoms with E-state index < -0.39 is 29.2 Å². The topological polar surface area (TPSA) is 52.6 Å². The molecule has 19 heavy (non-hydrogen) atoms. The predicted octanol–water partition coefficient (Wildman–Crippen LogP) is 2.67. The molecule has 0 unspecified atom stereocenters. The number of carbonyl (C=O) groups excluding carboxylic acids is 2. The Kier molecular flexibility index (Phi) is 4.52. The van der Waals surface area contributed by atoms with E-state index in [2.05, 4.69) is 9.47 Å². The third-order valence-corrected chi connectivity index (χ3v) is 2.24. The Hall–Kier alpha value is -2.05. The summed E-state index contributed by atoms with van der Waals surface area (Å²) in [5.74, 6) is -1.97. The highest BCUT2D eigenvalue weighted by molar-refractivity contribution is 5.96. The average molecular weight is 276 g/mol. The fourth-order valence-electron chi connectivity index (χ4n) is 1.41. The molecule has 1 rings (SSSR count). The van der Waals surface area contributed by atoms with Crippen molar-refractivity contribution in [3.8, 4) is 0 Å². The molecule has 0 bridgehead atoms. The highest BCUT2D eigenvalue weighted by Gasteiger charge is 2.36. The van der Waals surface area contributed by atoms with Crippen molar-refractivity contribution in [2.24, 2.45) is 0 Å². The molecule has 0 fully saturated rings. The van der Waals surface area contributed by atoms with Crippen molar-refractivity contribution >= 4 is 11.9 Å². The van der Waals surface area contributed by atoms with Crippen molar-refractivity contribution < 1.29 is 32.2 Å². The maximum absolute atomic E-state index is 12.7. The van der Waals surface area contributed by atoms with Crippen LogP contribution in [0.2, 0.25) is 0 Å². The summed E-state index contributed by atoms with van der Waals surface area (Å²) in [6, 6.07) is 2.42. The van der Waals surface area contributed by atoms with Gasteiger partial charge in [0.25, 0.3) is 0 Å². The van der Waals surface area contributed by atoms with Crippen LogP contribution in [0.15, 0.2) is 18.2 Å². The number of rotatable bonds is 3. The minimum absolute atomic E-state index is 0.0768.